The van der Waals surface area contributed by atoms with Crippen LogP contribution in [-0.4, -0.2) is 11.6 Å². The van der Waals surface area contributed by atoms with Gasteiger partial charge in [-0.1, -0.05) is 51.0 Å². The summed E-state index contributed by atoms with van der Waals surface area (Å²) in [6, 6.07) is 3.24. The standard InChI is InChI=1S/C20H26N2O2/c1-13(6-7-14(2)20(3,4)5)15-8-9-16(18(23)11-21)17(10-15)19(24)12-22/h7-8,13,16-17H,6,9-10H2,1-5H3/b14-7+. The smallest absolute Gasteiger partial charge is 0.236 e. The van der Waals surface area contributed by atoms with E-state index in [1.54, 1.807) is 12.1 Å². The van der Waals surface area contributed by atoms with Gasteiger partial charge in [0.05, 0.1) is 0 Å². The highest BCUT2D eigenvalue weighted by Gasteiger charge is 2.36. The maximum Gasteiger partial charge on any atom is 0.236 e. The third-order valence-corrected chi connectivity index (χ3v) is 5.06. The van der Waals surface area contributed by atoms with Crippen molar-refractivity contribution in [3.8, 4) is 12.1 Å². The average Bonchev–Trinajstić information content (AvgIpc) is 2.56. The zero-order valence-electron chi connectivity index (χ0n) is 15.2. The Morgan fingerprint density at radius 2 is 1.79 bits per heavy atom. The molecule has 0 aliphatic heterocycles. The molecule has 0 saturated carbocycles. The number of nitrogens with zero attached hydrogens (tertiary/aromatic N) is 2. The van der Waals surface area contributed by atoms with Gasteiger partial charge in [0.1, 0.15) is 12.1 Å². The van der Waals surface area contributed by atoms with E-state index in [1.165, 1.54) is 5.57 Å². The molecule has 1 aliphatic carbocycles. The molecule has 0 aromatic carbocycles. The van der Waals surface area contributed by atoms with Gasteiger partial charge in [0, 0.05) is 11.8 Å². The Balaban J connectivity index is 2.93. The molecular formula is C20H26N2O2. The summed E-state index contributed by atoms with van der Waals surface area (Å²) in [4.78, 5) is 23.6. The first kappa shape index (κ1) is 19.8. The van der Waals surface area contributed by atoms with E-state index in [0.29, 0.717) is 12.8 Å². The Kier molecular flexibility index (Phi) is 6.67. The van der Waals surface area contributed by atoms with Gasteiger partial charge >= 0.3 is 0 Å². The normalized spacial score (nSPS) is 22.8. The van der Waals surface area contributed by atoms with Crippen molar-refractivity contribution in [1.82, 2.24) is 0 Å². The maximum absolute atomic E-state index is 11.9. The number of hydrogen-bond donors (Lipinski definition) is 0. The van der Waals surface area contributed by atoms with Gasteiger partial charge in [-0.2, -0.15) is 10.5 Å². The van der Waals surface area contributed by atoms with Crippen molar-refractivity contribution in [3.63, 3.8) is 0 Å². The van der Waals surface area contributed by atoms with Crippen molar-refractivity contribution in [2.75, 3.05) is 0 Å². The van der Waals surface area contributed by atoms with Gasteiger partial charge in [0.2, 0.25) is 11.6 Å². The number of carbonyl (C=O) groups excluding carboxylic acids is 2. The third-order valence-electron chi connectivity index (χ3n) is 5.06. The summed E-state index contributed by atoms with van der Waals surface area (Å²) in [6.07, 6.45) is 5.82. The van der Waals surface area contributed by atoms with Gasteiger partial charge in [0.25, 0.3) is 0 Å². The fraction of sp³-hybridized carbons (Fsp3) is 0.600. The molecule has 4 nitrogen and oxygen atoms in total. The van der Waals surface area contributed by atoms with Crippen LogP contribution in [0.5, 0.6) is 0 Å². The van der Waals surface area contributed by atoms with Crippen LogP contribution in [0.2, 0.25) is 0 Å². The average molecular weight is 326 g/mol. The lowest BCUT2D eigenvalue weighted by molar-refractivity contribution is -0.126. The van der Waals surface area contributed by atoms with Crippen molar-refractivity contribution in [3.05, 3.63) is 23.3 Å². The van der Waals surface area contributed by atoms with Crippen LogP contribution in [0.15, 0.2) is 23.3 Å². The number of Topliss-reactive ketones (excluding diaryl/α,β-unsaturated/α-hetero) is 2. The zero-order valence-corrected chi connectivity index (χ0v) is 15.2. The van der Waals surface area contributed by atoms with E-state index in [-0.39, 0.29) is 11.3 Å². The molecule has 0 N–H and O–H groups in total. The van der Waals surface area contributed by atoms with Crippen LogP contribution in [-0.2, 0) is 9.59 Å². The van der Waals surface area contributed by atoms with Crippen molar-refractivity contribution < 1.29 is 9.59 Å². The fourth-order valence-corrected chi connectivity index (χ4v) is 2.87. The molecule has 3 atom stereocenters. The predicted molar refractivity (Wildman–Crippen MR) is 92.5 cm³/mol. The van der Waals surface area contributed by atoms with E-state index in [9.17, 15) is 9.59 Å². The second-order valence-corrected chi connectivity index (χ2v) is 7.66. The Bertz CT molecular complexity index is 651. The number of allylic oxidation sites excluding steroid dienone is 4. The number of nitriles is 2. The molecule has 0 aromatic rings. The molecule has 4 heteroatoms. The summed E-state index contributed by atoms with van der Waals surface area (Å²) in [5.74, 6) is -2.31. The van der Waals surface area contributed by atoms with Gasteiger partial charge in [-0.3, -0.25) is 9.59 Å². The number of rotatable bonds is 5. The topological polar surface area (TPSA) is 81.7 Å². The monoisotopic (exact) mass is 326 g/mol. The molecule has 1 aliphatic rings. The lowest BCUT2D eigenvalue weighted by atomic mass is 9.72. The van der Waals surface area contributed by atoms with Crippen molar-refractivity contribution in [1.29, 1.82) is 10.5 Å². The van der Waals surface area contributed by atoms with Gasteiger partial charge < -0.3 is 0 Å². The van der Waals surface area contributed by atoms with Crippen LogP contribution in [0.1, 0.15) is 53.9 Å². The Hall–Kier alpha value is -2.20. The van der Waals surface area contributed by atoms with Crippen LogP contribution < -0.4 is 0 Å². The summed E-state index contributed by atoms with van der Waals surface area (Å²) < 4.78 is 0. The quantitative estimate of drug-likeness (QED) is 0.561. The second-order valence-electron chi connectivity index (χ2n) is 7.66. The van der Waals surface area contributed by atoms with E-state index in [0.717, 1.165) is 12.0 Å². The van der Waals surface area contributed by atoms with Crippen LogP contribution in [0.4, 0.5) is 0 Å². The van der Waals surface area contributed by atoms with Crippen LogP contribution >= 0.6 is 0 Å². The van der Waals surface area contributed by atoms with Gasteiger partial charge in [-0.05, 0) is 37.5 Å². The van der Waals surface area contributed by atoms with Crippen LogP contribution in [0, 0.1) is 45.8 Å². The minimum atomic E-state index is -0.683. The lowest BCUT2D eigenvalue weighted by Gasteiger charge is -2.29. The summed E-state index contributed by atoms with van der Waals surface area (Å²) >= 11 is 0. The molecular weight excluding hydrogens is 300 g/mol. The summed E-state index contributed by atoms with van der Waals surface area (Å²) in [7, 11) is 0. The predicted octanol–water partition coefficient (Wildman–Crippen LogP) is 4.14. The molecule has 0 radical (unpaired) electrons. The van der Waals surface area contributed by atoms with Crippen molar-refractivity contribution >= 4 is 11.6 Å². The van der Waals surface area contributed by atoms with Gasteiger partial charge in [-0.25, -0.2) is 0 Å². The minimum Gasteiger partial charge on any atom is -0.282 e. The molecule has 0 saturated heterocycles. The highest BCUT2D eigenvalue weighted by atomic mass is 16.1. The minimum absolute atomic E-state index is 0.129. The van der Waals surface area contributed by atoms with E-state index in [4.69, 9.17) is 10.5 Å². The molecule has 3 unspecified atom stereocenters. The van der Waals surface area contributed by atoms with Gasteiger partial charge in [-0.15, -0.1) is 0 Å². The SMILES string of the molecule is C/C(=C\CC(C)C1=CCC(C(=O)C#N)C(C(=O)C#N)C1)C(C)(C)C. The molecule has 1 rings (SSSR count). The Morgan fingerprint density at radius 3 is 2.29 bits per heavy atom. The highest BCUT2D eigenvalue weighted by molar-refractivity contribution is 6.03. The molecule has 0 fully saturated rings. The van der Waals surface area contributed by atoms with Crippen LogP contribution in [0.25, 0.3) is 0 Å². The summed E-state index contributed by atoms with van der Waals surface area (Å²) in [5, 5.41) is 17.8. The fourth-order valence-electron chi connectivity index (χ4n) is 2.87. The van der Waals surface area contributed by atoms with E-state index in [1.807, 2.05) is 6.08 Å². The molecule has 0 bridgehead atoms. The third kappa shape index (κ3) is 4.90. The van der Waals surface area contributed by atoms with E-state index in [2.05, 4.69) is 40.7 Å². The molecule has 0 spiro atoms. The van der Waals surface area contributed by atoms with Crippen LogP contribution in [0.3, 0.4) is 0 Å². The first-order valence-electron chi connectivity index (χ1n) is 8.35. The molecule has 24 heavy (non-hydrogen) atoms. The second kappa shape index (κ2) is 8.06. The van der Waals surface area contributed by atoms with Crippen molar-refractivity contribution in [2.45, 2.75) is 53.9 Å². The Morgan fingerprint density at radius 1 is 1.25 bits per heavy atom. The molecule has 0 aromatic heterocycles. The zero-order chi connectivity index (χ0) is 18.5. The molecule has 128 valence electrons. The molecule has 0 heterocycles. The highest BCUT2D eigenvalue weighted by Crippen LogP contribution is 2.36. The number of hydrogen-bond acceptors (Lipinski definition) is 4. The van der Waals surface area contributed by atoms with Gasteiger partial charge in [0.15, 0.2) is 0 Å². The summed E-state index contributed by atoms with van der Waals surface area (Å²) in [5.41, 5.74) is 2.54. The first-order valence-corrected chi connectivity index (χ1v) is 8.35. The van der Waals surface area contributed by atoms with E-state index < -0.39 is 23.4 Å². The Labute approximate surface area is 144 Å². The summed E-state index contributed by atoms with van der Waals surface area (Å²) in [6.45, 7) is 10.7. The largest absolute Gasteiger partial charge is 0.282 e. The molecule has 0 amide bonds. The number of ketones is 2. The first-order chi connectivity index (χ1) is 11.1. The van der Waals surface area contributed by atoms with Crippen molar-refractivity contribution in [2.24, 2.45) is 23.2 Å². The maximum atomic E-state index is 11.9. The lowest BCUT2D eigenvalue weighted by Crippen LogP contribution is -2.32. The number of carbonyl (C=O) groups is 2. The van der Waals surface area contributed by atoms with E-state index >= 15 is 0 Å².